The number of rotatable bonds is 6. The Labute approximate surface area is 99.0 Å². The molecule has 0 radical (unpaired) electrons. The lowest BCUT2D eigenvalue weighted by Gasteiger charge is -2.14. The maximum absolute atomic E-state index is 11.9. The van der Waals surface area contributed by atoms with Gasteiger partial charge in [0.25, 0.3) is 0 Å². The average Bonchev–Trinajstić information content (AvgIpc) is 2.59. The molecule has 3 nitrogen and oxygen atoms in total. The van der Waals surface area contributed by atoms with Gasteiger partial charge in [0.1, 0.15) is 5.82 Å². The summed E-state index contributed by atoms with van der Waals surface area (Å²) >= 11 is 0. The van der Waals surface area contributed by atoms with Gasteiger partial charge in [0.15, 0.2) is 0 Å². The van der Waals surface area contributed by atoms with Crippen molar-refractivity contribution in [2.24, 2.45) is 7.05 Å². The first-order valence-corrected chi connectivity index (χ1v) is 5.65. The number of imidazole rings is 1. The minimum absolute atomic E-state index is 0.0639. The molecule has 17 heavy (non-hydrogen) atoms. The van der Waals surface area contributed by atoms with Crippen molar-refractivity contribution in [1.29, 1.82) is 0 Å². The van der Waals surface area contributed by atoms with Crippen molar-refractivity contribution in [2.45, 2.75) is 44.9 Å². The lowest BCUT2D eigenvalue weighted by Crippen LogP contribution is -2.27. The Kier molecular flexibility index (Phi) is 4.99. The first kappa shape index (κ1) is 14.0. The molecule has 1 aromatic heterocycles. The summed E-state index contributed by atoms with van der Waals surface area (Å²) in [5.41, 5.74) is 0. The maximum Gasteiger partial charge on any atom is 0.389 e. The summed E-state index contributed by atoms with van der Waals surface area (Å²) in [6.07, 6.45) is -0.528. The Morgan fingerprint density at radius 1 is 1.47 bits per heavy atom. The Hall–Kier alpha value is -1.04. The van der Waals surface area contributed by atoms with Crippen molar-refractivity contribution in [3.05, 3.63) is 18.2 Å². The fraction of sp³-hybridized carbons (Fsp3) is 0.727. The van der Waals surface area contributed by atoms with E-state index in [-0.39, 0.29) is 12.5 Å². The zero-order valence-corrected chi connectivity index (χ0v) is 10.1. The molecular weight excluding hydrogens is 231 g/mol. The van der Waals surface area contributed by atoms with Crippen LogP contribution in [0.4, 0.5) is 13.2 Å². The topological polar surface area (TPSA) is 29.9 Å². The second-order valence-electron chi connectivity index (χ2n) is 4.24. The van der Waals surface area contributed by atoms with Crippen molar-refractivity contribution < 1.29 is 13.2 Å². The van der Waals surface area contributed by atoms with E-state index >= 15 is 0 Å². The third kappa shape index (κ3) is 5.72. The van der Waals surface area contributed by atoms with Crippen LogP contribution >= 0.6 is 0 Å². The molecule has 0 saturated carbocycles. The first-order chi connectivity index (χ1) is 7.88. The third-order valence-electron chi connectivity index (χ3n) is 2.63. The quantitative estimate of drug-likeness (QED) is 0.840. The molecule has 1 N–H and O–H groups in total. The number of nitrogens with zero attached hydrogens (tertiary/aromatic N) is 2. The summed E-state index contributed by atoms with van der Waals surface area (Å²) in [6.45, 7) is 2.47. The minimum Gasteiger partial charge on any atom is -0.337 e. The van der Waals surface area contributed by atoms with Crippen molar-refractivity contribution >= 4 is 0 Å². The van der Waals surface area contributed by atoms with E-state index in [1.807, 2.05) is 24.7 Å². The molecule has 98 valence electrons. The predicted molar refractivity (Wildman–Crippen MR) is 59.4 cm³/mol. The number of aryl methyl sites for hydroxylation is 1. The van der Waals surface area contributed by atoms with Gasteiger partial charge in [0.05, 0.1) is 6.54 Å². The molecule has 6 heteroatoms. The lowest BCUT2D eigenvalue weighted by molar-refractivity contribution is -0.135. The van der Waals surface area contributed by atoms with Crippen molar-refractivity contribution in [3.63, 3.8) is 0 Å². The highest BCUT2D eigenvalue weighted by molar-refractivity contribution is 4.90. The molecule has 0 bridgehead atoms. The van der Waals surface area contributed by atoms with Gasteiger partial charge in [-0.1, -0.05) is 0 Å². The van der Waals surface area contributed by atoms with Gasteiger partial charge in [-0.05, 0) is 19.8 Å². The smallest absolute Gasteiger partial charge is 0.337 e. The summed E-state index contributed by atoms with van der Waals surface area (Å²) < 4.78 is 37.7. The number of hydrogen-bond acceptors (Lipinski definition) is 2. The Morgan fingerprint density at radius 2 is 2.18 bits per heavy atom. The van der Waals surface area contributed by atoms with Crippen molar-refractivity contribution in [1.82, 2.24) is 14.9 Å². The van der Waals surface area contributed by atoms with Crippen LogP contribution in [0.15, 0.2) is 12.4 Å². The van der Waals surface area contributed by atoms with Gasteiger partial charge in [-0.15, -0.1) is 0 Å². The van der Waals surface area contributed by atoms with Crippen LogP contribution < -0.4 is 5.32 Å². The molecular formula is C11H18F3N3. The first-order valence-electron chi connectivity index (χ1n) is 5.65. The number of halogens is 3. The molecule has 0 aliphatic rings. The summed E-state index contributed by atoms with van der Waals surface area (Å²) in [4.78, 5) is 4.13. The molecule has 1 unspecified atom stereocenters. The number of nitrogens with one attached hydrogen (secondary N) is 1. The van der Waals surface area contributed by atoms with Crippen molar-refractivity contribution in [2.75, 3.05) is 0 Å². The molecule has 0 aliphatic heterocycles. The van der Waals surface area contributed by atoms with E-state index < -0.39 is 12.6 Å². The van der Waals surface area contributed by atoms with Gasteiger partial charge in [0, 0.05) is 31.9 Å². The number of alkyl halides is 3. The second kappa shape index (κ2) is 6.05. The summed E-state index contributed by atoms with van der Waals surface area (Å²) in [7, 11) is 1.89. The van der Waals surface area contributed by atoms with Crippen LogP contribution in [0.1, 0.15) is 32.0 Å². The minimum atomic E-state index is -4.04. The highest BCUT2D eigenvalue weighted by atomic mass is 19.4. The van der Waals surface area contributed by atoms with Gasteiger partial charge >= 0.3 is 6.18 Å². The SMILES string of the molecule is CC(CCCC(F)(F)F)NCc1nccn1C. The zero-order chi connectivity index (χ0) is 12.9. The second-order valence-corrected chi connectivity index (χ2v) is 4.24. The molecule has 0 amide bonds. The average molecular weight is 249 g/mol. The van der Waals surface area contributed by atoms with Crippen molar-refractivity contribution in [3.8, 4) is 0 Å². The van der Waals surface area contributed by atoms with E-state index in [9.17, 15) is 13.2 Å². The van der Waals surface area contributed by atoms with Gasteiger partial charge in [-0.3, -0.25) is 0 Å². The summed E-state index contributed by atoms with van der Waals surface area (Å²) in [6, 6.07) is 0.0639. The fourth-order valence-corrected chi connectivity index (χ4v) is 1.54. The van der Waals surface area contributed by atoms with E-state index in [0.29, 0.717) is 13.0 Å². The molecule has 0 spiro atoms. The molecule has 1 heterocycles. The Bertz CT molecular complexity index is 333. The summed E-state index contributed by atoms with van der Waals surface area (Å²) in [5, 5.41) is 3.16. The summed E-state index contributed by atoms with van der Waals surface area (Å²) in [5.74, 6) is 0.882. The zero-order valence-electron chi connectivity index (χ0n) is 10.1. The van der Waals surface area contributed by atoms with Crippen LogP contribution in [0.25, 0.3) is 0 Å². The molecule has 0 fully saturated rings. The van der Waals surface area contributed by atoms with Crippen LogP contribution in [-0.2, 0) is 13.6 Å². The molecule has 1 aromatic rings. The molecule has 0 aliphatic carbocycles. The molecule has 0 saturated heterocycles. The van der Waals surface area contributed by atoms with E-state index in [1.165, 1.54) is 0 Å². The lowest BCUT2D eigenvalue weighted by atomic mass is 10.1. The largest absolute Gasteiger partial charge is 0.389 e. The normalized spacial score (nSPS) is 13.9. The van der Waals surface area contributed by atoms with Crippen LogP contribution in [0, 0.1) is 0 Å². The van der Waals surface area contributed by atoms with Gasteiger partial charge in [-0.2, -0.15) is 13.2 Å². The molecule has 1 atom stereocenters. The Balaban J connectivity index is 2.18. The van der Waals surface area contributed by atoms with E-state index in [2.05, 4.69) is 10.3 Å². The van der Waals surface area contributed by atoms with Crippen LogP contribution in [0.5, 0.6) is 0 Å². The number of hydrogen-bond donors (Lipinski definition) is 1. The van der Waals surface area contributed by atoms with E-state index in [4.69, 9.17) is 0 Å². The van der Waals surface area contributed by atoms with Crippen LogP contribution in [-0.4, -0.2) is 21.8 Å². The monoisotopic (exact) mass is 249 g/mol. The molecule has 0 aromatic carbocycles. The predicted octanol–water partition coefficient (Wildman–Crippen LogP) is 2.63. The Morgan fingerprint density at radius 3 is 2.71 bits per heavy atom. The van der Waals surface area contributed by atoms with E-state index in [0.717, 1.165) is 5.82 Å². The standard InChI is InChI=1S/C11H18F3N3/c1-9(4-3-5-11(12,13)14)16-8-10-15-6-7-17(10)2/h6-7,9,16H,3-5,8H2,1-2H3. The van der Waals surface area contributed by atoms with Gasteiger partial charge < -0.3 is 9.88 Å². The fourth-order valence-electron chi connectivity index (χ4n) is 1.54. The maximum atomic E-state index is 11.9. The van der Waals surface area contributed by atoms with Crippen LogP contribution in [0.3, 0.4) is 0 Å². The highest BCUT2D eigenvalue weighted by Crippen LogP contribution is 2.22. The highest BCUT2D eigenvalue weighted by Gasteiger charge is 2.26. The van der Waals surface area contributed by atoms with E-state index in [1.54, 1.807) is 6.20 Å². The third-order valence-corrected chi connectivity index (χ3v) is 2.63. The van der Waals surface area contributed by atoms with Crippen LogP contribution in [0.2, 0.25) is 0 Å². The van der Waals surface area contributed by atoms with Gasteiger partial charge in [-0.25, -0.2) is 4.98 Å². The molecule has 1 rings (SSSR count). The van der Waals surface area contributed by atoms with Gasteiger partial charge in [0.2, 0.25) is 0 Å². The number of aromatic nitrogens is 2.